The van der Waals surface area contributed by atoms with E-state index >= 15 is 0 Å². The van der Waals surface area contributed by atoms with Gasteiger partial charge in [0.05, 0.1) is 18.7 Å². The molecule has 2 aromatic rings. The van der Waals surface area contributed by atoms with Gasteiger partial charge in [0.1, 0.15) is 11.9 Å². The minimum Gasteiger partial charge on any atom is -0.366 e. The number of carbonyl (C=O) groups is 1. The predicted molar refractivity (Wildman–Crippen MR) is 94.6 cm³/mol. The fourth-order valence-corrected chi connectivity index (χ4v) is 3.47. The summed E-state index contributed by atoms with van der Waals surface area (Å²) in [6.45, 7) is 10.7. The SMILES string of the molecule is CCCc1nc(C2CN(C(=O)c3cc(C)n(CC)c3C)CCO2)n[nH]1. The summed E-state index contributed by atoms with van der Waals surface area (Å²) in [5, 5.41) is 7.23. The highest BCUT2D eigenvalue weighted by molar-refractivity contribution is 5.95. The van der Waals surface area contributed by atoms with Crippen LogP contribution in [-0.2, 0) is 17.7 Å². The van der Waals surface area contributed by atoms with Crippen LogP contribution in [0.3, 0.4) is 0 Å². The molecule has 1 aliphatic heterocycles. The summed E-state index contributed by atoms with van der Waals surface area (Å²) >= 11 is 0. The predicted octanol–water partition coefficient (Wildman–Crippen LogP) is 2.41. The molecule has 3 rings (SSSR count). The van der Waals surface area contributed by atoms with Gasteiger partial charge in [-0.1, -0.05) is 6.92 Å². The highest BCUT2D eigenvalue weighted by Crippen LogP contribution is 2.23. The fraction of sp³-hybridized carbons (Fsp3) is 0.611. The van der Waals surface area contributed by atoms with Crippen LogP contribution in [0.5, 0.6) is 0 Å². The van der Waals surface area contributed by atoms with Crippen LogP contribution >= 0.6 is 0 Å². The summed E-state index contributed by atoms with van der Waals surface area (Å²) in [6.07, 6.45) is 1.61. The molecule has 7 nitrogen and oxygen atoms in total. The molecular formula is C18H27N5O2. The maximum absolute atomic E-state index is 13.0. The van der Waals surface area contributed by atoms with Crippen molar-refractivity contribution in [3.05, 3.63) is 34.7 Å². The van der Waals surface area contributed by atoms with Crippen LogP contribution in [0.25, 0.3) is 0 Å². The number of aromatic amines is 1. The van der Waals surface area contributed by atoms with Crippen LogP contribution in [0.15, 0.2) is 6.07 Å². The van der Waals surface area contributed by atoms with Gasteiger partial charge in [0.15, 0.2) is 5.82 Å². The van der Waals surface area contributed by atoms with Gasteiger partial charge in [0.2, 0.25) is 0 Å². The number of amides is 1. The second-order valence-electron chi connectivity index (χ2n) is 6.53. The number of aromatic nitrogens is 4. The van der Waals surface area contributed by atoms with E-state index in [1.54, 1.807) is 0 Å². The molecule has 1 saturated heterocycles. The zero-order valence-corrected chi connectivity index (χ0v) is 15.5. The second-order valence-corrected chi connectivity index (χ2v) is 6.53. The number of ether oxygens (including phenoxy) is 1. The Bertz CT molecular complexity index is 749. The van der Waals surface area contributed by atoms with Crippen molar-refractivity contribution in [1.82, 2.24) is 24.6 Å². The average Bonchev–Trinajstić information content (AvgIpc) is 3.19. The molecule has 136 valence electrons. The lowest BCUT2D eigenvalue weighted by Gasteiger charge is -2.31. The second kappa shape index (κ2) is 7.39. The number of nitrogens with one attached hydrogen (secondary N) is 1. The van der Waals surface area contributed by atoms with E-state index in [4.69, 9.17) is 4.74 Å². The van der Waals surface area contributed by atoms with Gasteiger partial charge in [-0.2, -0.15) is 5.10 Å². The molecule has 0 bridgehead atoms. The fourth-order valence-electron chi connectivity index (χ4n) is 3.47. The molecule has 1 atom stereocenters. The first-order valence-corrected chi connectivity index (χ1v) is 9.03. The van der Waals surface area contributed by atoms with Gasteiger partial charge in [0.25, 0.3) is 5.91 Å². The van der Waals surface area contributed by atoms with Gasteiger partial charge in [-0.15, -0.1) is 0 Å². The summed E-state index contributed by atoms with van der Waals surface area (Å²) in [5.41, 5.74) is 2.92. The van der Waals surface area contributed by atoms with E-state index in [9.17, 15) is 4.79 Å². The molecule has 1 amide bonds. The van der Waals surface area contributed by atoms with Gasteiger partial charge < -0.3 is 14.2 Å². The van der Waals surface area contributed by atoms with Crippen molar-refractivity contribution < 1.29 is 9.53 Å². The Morgan fingerprint density at radius 1 is 1.40 bits per heavy atom. The van der Waals surface area contributed by atoms with Crippen molar-refractivity contribution in [1.29, 1.82) is 0 Å². The Balaban J connectivity index is 1.75. The van der Waals surface area contributed by atoms with E-state index < -0.39 is 0 Å². The maximum Gasteiger partial charge on any atom is 0.255 e. The Morgan fingerprint density at radius 3 is 2.88 bits per heavy atom. The normalized spacial score (nSPS) is 17.9. The topological polar surface area (TPSA) is 76.0 Å². The van der Waals surface area contributed by atoms with E-state index in [0.29, 0.717) is 25.5 Å². The largest absolute Gasteiger partial charge is 0.366 e. The highest BCUT2D eigenvalue weighted by atomic mass is 16.5. The number of H-pyrrole nitrogens is 1. The van der Waals surface area contributed by atoms with Gasteiger partial charge in [0, 0.05) is 30.9 Å². The number of nitrogens with zero attached hydrogens (tertiary/aromatic N) is 4. The van der Waals surface area contributed by atoms with Crippen molar-refractivity contribution in [3.8, 4) is 0 Å². The van der Waals surface area contributed by atoms with Crippen LogP contribution in [0.1, 0.15) is 59.8 Å². The smallest absolute Gasteiger partial charge is 0.255 e. The zero-order valence-electron chi connectivity index (χ0n) is 15.5. The van der Waals surface area contributed by atoms with Crippen molar-refractivity contribution in [2.75, 3.05) is 19.7 Å². The van der Waals surface area contributed by atoms with E-state index in [1.807, 2.05) is 24.8 Å². The van der Waals surface area contributed by atoms with Crippen LogP contribution in [0.2, 0.25) is 0 Å². The molecule has 3 heterocycles. The van der Waals surface area contributed by atoms with E-state index in [1.165, 1.54) is 0 Å². The third kappa shape index (κ3) is 3.46. The molecule has 1 aliphatic rings. The Hall–Kier alpha value is -2.15. The van der Waals surface area contributed by atoms with E-state index in [0.717, 1.165) is 42.2 Å². The van der Waals surface area contributed by atoms with Gasteiger partial charge >= 0.3 is 0 Å². The number of aryl methyl sites for hydroxylation is 2. The Morgan fingerprint density at radius 2 is 2.20 bits per heavy atom. The maximum atomic E-state index is 13.0. The number of carbonyl (C=O) groups excluding carboxylic acids is 1. The third-order valence-electron chi connectivity index (χ3n) is 4.80. The number of rotatable bonds is 5. The monoisotopic (exact) mass is 345 g/mol. The highest BCUT2D eigenvalue weighted by Gasteiger charge is 2.30. The first-order chi connectivity index (χ1) is 12.0. The molecular weight excluding hydrogens is 318 g/mol. The molecule has 0 saturated carbocycles. The Labute approximate surface area is 148 Å². The lowest BCUT2D eigenvalue weighted by Crippen LogP contribution is -2.42. The zero-order chi connectivity index (χ0) is 18.0. The van der Waals surface area contributed by atoms with Crippen LogP contribution in [0, 0.1) is 13.8 Å². The Kier molecular flexibility index (Phi) is 5.22. The van der Waals surface area contributed by atoms with Crippen molar-refractivity contribution in [3.63, 3.8) is 0 Å². The number of morpholine rings is 1. The lowest BCUT2D eigenvalue weighted by atomic mass is 10.2. The van der Waals surface area contributed by atoms with Gasteiger partial charge in [-0.05, 0) is 33.3 Å². The molecule has 1 N–H and O–H groups in total. The van der Waals surface area contributed by atoms with Crippen LogP contribution < -0.4 is 0 Å². The van der Waals surface area contributed by atoms with Crippen molar-refractivity contribution in [2.45, 2.75) is 53.2 Å². The minimum absolute atomic E-state index is 0.0606. The first-order valence-electron chi connectivity index (χ1n) is 9.03. The summed E-state index contributed by atoms with van der Waals surface area (Å²) in [7, 11) is 0. The quantitative estimate of drug-likeness (QED) is 0.903. The van der Waals surface area contributed by atoms with Gasteiger partial charge in [-0.3, -0.25) is 9.89 Å². The van der Waals surface area contributed by atoms with Crippen LogP contribution in [0.4, 0.5) is 0 Å². The van der Waals surface area contributed by atoms with E-state index in [-0.39, 0.29) is 12.0 Å². The molecule has 1 fully saturated rings. The lowest BCUT2D eigenvalue weighted by molar-refractivity contribution is -0.0267. The third-order valence-corrected chi connectivity index (χ3v) is 4.80. The average molecular weight is 345 g/mol. The van der Waals surface area contributed by atoms with Crippen molar-refractivity contribution in [2.24, 2.45) is 0 Å². The molecule has 1 unspecified atom stereocenters. The summed E-state index contributed by atoms with van der Waals surface area (Å²) in [4.78, 5) is 19.4. The summed E-state index contributed by atoms with van der Waals surface area (Å²) < 4.78 is 7.97. The summed E-state index contributed by atoms with van der Waals surface area (Å²) in [6, 6.07) is 1.98. The minimum atomic E-state index is -0.269. The molecule has 0 spiro atoms. The summed E-state index contributed by atoms with van der Waals surface area (Å²) in [5.74, 6) is 1.57. The molecule has 2 aromatic heterocycles. The number of hydrogen-bond donors (Lipinski definition) is 1. The molecule has 0 aromatic carbocycles. The standard InChI is InChI=1S/C18H27N5O2/c1-5-7-16-19-17(21-20-16)15-11-22(8-9-25-15)18(24)14-10-12(3)23(6-2)13(14)4/h10,15H,5-9,11H2,1-4H3,(H,19,20,21). The molecule has 25 heavy (non-hydrogen) atoms. The molecule has 7 heteroatoms. The van der Waals surface area contributed by atoms with Crippen LogP contribution in [-0.4, -0.2) is 50.3 Å². The first kappa shape index (κ1) is 17.7. The van der Waals surface area contributed by atoms with Crippen molar-refractivity contribution >= 4 is 5.91 Å². The van der Waals surface area contributed by atoms with E-state index in [2.05, 4.69) is 33.6 Å². The number of hydrogen-bond acceptors (Lipinski definition) is 4. The van der Waals surface area contributed by atoms with Gasteiger partial charge in [-0.25, -0.2) is 4.98 Å². The molecule has 0 radical (unpaired) electrons. The molecule has 0 aliphatic carbocycles.